The molecule has 0 radical (unpaired) electrons. The number of halogens is 1. The first-order chi connectivity index (χ1) is 8.49. The van der Waals surface area contributed by atoms with Crippen molar-refractivity contribution in [1.29, 1.82) is 0 Å². The van der Waals surface area contributed by atoms with E-state index < -0.39 is 5.97 Å². The molecule has 98 valence electrons. The first-order valence-electron chi connectivity index (χ1n) is 5.09. The topological polar surface area (TPSA) is 96.3 Å². The molecule has 0 aliphatic carbocycles. The minimum Gasteiger partial charge on any atom is -0.476 e. The van der Waals surface area contributed by atoms with E-state index in [2.05, 4.69) is 38.1 Å². The van der Waals surface area contributed by atoms with Gasteiger partial charge in [0.1, 0.15) is 0 Å². The minimum absolute atomic E-state index is 0.0185. The number of nitrogens with zero attached hydrogens (tertiary/aromatic N) is 2. The summed E-state index contributed by atoms with van der Waals surface area (Å²) in [7, 11) is 0. The first kappa shape index (κ1) is 14.2. The molecule has 1 aromatic rings. The van der Waals surface area contributed by atoms with Gasteiger partial charge in [0.15, 0.2) is 5.69 Å². The van der Waals surface area contributed by atoms with Gasteiger partial charge in [-0.3, -0.25) is 0 Å². The maximum Gasteiger partial charge on any atom is 0.356 e. The van der Waals surface area contributed by atoms with Gasteiger partial charge in [-0.2, -0.15) is 0 Å². The van der Waals surface area contributed by atoms with Crippen molar-refractivity contribution >= 4 is 27.9 Å². The number of carbonyl (C=O) groups is 2. The summed E-state index contributed by atoms with van der Waals surface area (Å²) in [5.74, 6) is -1.07. The lowest BCUT2D eigenvalue weighted by Gasteiger charge is -2.07. The largest absolute Gasteiger partial charge is 0.476 e. The summed E-state index contributed by atoms with van der Waals surface area (Å²) in [6, 6.07) is -0.311. The predicted molar refractivity (Wildman–Crippen MR) is 68.7 cm³/mol. The summed E-state index contributed by atoms with van der Waals surface area (Å²) in [6.07, 6.45) is 2.81. The Labute approximate surface area is 112 Å². The zero-order chi connectivity index (χ0) is 13.5. The first-order valence-corrected chi connectivity index (χ1v) is 5.88. The molecule has 0 fully saturated rings. The number of urea groups is 1. The molecule has 8 heteroatoms. The molecule has 2 amide bonds. The number of rotatable bonds is 6. The number of carboxylic acids is 1. The highest BCUT2D eigenvalue weighted by atomic mass is 79.9. The lowest BCUT2D eigenvalue weighted by molar-refractivity contribution is 0.0691. The van der Waals surface area contributed by atoms with E-state index in [-0.39, 0.29) is 11.7 Å². The number of imidazole rings is 1. The lowest BCUT2D eigenvalue weighted by Crippen LogP contribution is -2.37. The molecule has 0 aromatic carbocycles. The monoisotopic (exact) mass is 316 g/mol. The van der Waals surface area contributed by atoms with Gasteiger partial charge in [0.05, 0.1) is 12.9 Å². The van der Waals surface area contributed by atoms with Gasteiger partial charge in [0, 0.05) is 23.8 Å². The number of hydrogen-bond acceptors (Lipinski definition) is 3. The Morgan fingerprint density at radius 1 is 1.50 bits per heavy atom. The maximum atomic E-state index is 11.2. The van der Waals surface area contributed by atoms with Crippen LogP contribution in [0.5, 0.6) is 0 Å². The molecule has 18 heavy (non-hydrogen) atoms. The minimum atomic E-state index is -1.07. The van der Waals surface area contributed by atoms with Gasteiger partial charge < -0.3 is 20.3 Å². The third-order valence-corrected chi connectivity index (χ3v) is 2.23. The maximum absolute atomic E-state index is 11.2. The molecule has 0 aliphatic heterocycles. The highest BCUT2D eigenvalue weighted by Gasteiger charge is 2.06. The van der Waals surface area contributed by atoms with Crippen LogP contribution in [0.15, 0.2) is 23.6 Å². The van der Waals surface area contributed by atoms with Crippen LogP contribution in [0, 0.1) is 0 Å². The number of aromatic nitrogens is 2. The molecule has 0 saturated carbocycles. The van der Waals surface area contributed by atoms with E-state index in [9.17, 15) is 9.59 Å². The zero-order valence-electron chi connectivity index (χ0n) is 9.52. The highest BCUT2D eigenvalue weighted by Crippen LogP contribution is 1.96. The van der Waals surface area contributed by atoms with Gasteiger partial charge in [-0.25, -0.2) is 14.6 Å². The second-order valence-electron chi connectivity index (χ2n) is 3.43. The van der Waals surface area contributed by atoms with Crippen molar-refractivity contribution in [2.45, 2.75) is 6.54 Å². The fraction of sp³-hybridized carbons (Fsp3) is 0.300. The molecule has 7 nitrogen and oxygen atoms in total. The third kappa shape index (κ3) is 5.00. The molecule has 0 atom stereocenters. The summed E-state index contributed by atoms with van der Waals surface area (Å²) in [6.45, 7) is 4.75. The lowest BCUT2D eigenvalue weighted by atomic mass is 10.5. The SMILES string of the molecule is C=C(Br)CNC(=O)NCCn1cnc(C(=O)O)c1. The van der Waals surface area contributed by atoms with Crippen LogP contribution >= 0.6 is 15.9 Å². The second kappa shape index (κ2) is 6.80. The normalized spacial score (nSPS) is 9.83. The van der Waals surface area contributed by atoms with Crippen molar-refractivity contribution in [3.05, 3.63) is 29.3 Å². The van der Waals surface area contributed by atoms with Gasteiger partial charge in [-0.1, -0.05) is 22.5 Å². The Kier molecular flexibility index (Phi) is 5.37. The molecule has 1 rings (SSSR count). The van der Waals surface area contributed by atoms with Crippen LogP contribution in [-0.2, 0) is 6.54 Å². The van der Waals surface area contributed by atoms with Gasteiger partial charge in [-0.05, 0) is 0 Å². The van der Waals surface area contributed by atoms with Crippen molar-refractivity contribution in [3.8, 4) is 0 Å². The molecule has 0 spiro atoms. The molecule has 1 heterocycles. The van der Waals surface area contributed by atoms with Crippen molar-refractivity contribution < 1.29 is 14.7 Å². The van der Waals surface area contributed by atoms with E-state index >= 15 is 0 Å². The summed E-state index contributed by atoms with van der Waals surface area (Å²) in [5, 5.41) is 13.9. The summed E-state index contributed by atoms with van der Waals surface area (Å²) < 4.78 is 2.27. The zero-order valence-corrected chi connectivity index (χ0v) is 11.1. The molecule has 0 saturated heterocycles. The van der Waals surface area contributed by atoms with Crippen molar-refractivity contribution in [3.63, 3.8) is 0 Å². The van der Waals surface area contributed by atoms with Crippen molar-refractivity contribution in [2.24, 2.45) is 0 Å². The fourth-order valence-corrected chi connectivity index (χ4v) is 1.27. The van der Waals surface area contributed by atoms with E-state index in [1.54, 1.807) is 4.57 Å². The van der Waals surface area contributed by atoms with E-state index in [1.165, 1.54) is 12.5 Å². The van der Waals surface area contributed by atoms with Crippen LogP contribution in [0.3, 0.4) is 0 Å². The quantitative estimate of drug-likeness (QED) is 0.723. The molecule has 0 aliphatic rings. The number of hydrogen-bond donors (Lipinski definition) is 3. The third-order valence-electron chi connectivity index (χ3n) is 1.95. The Hall–Kier alpha value is -1.83. The van der Waals surface area contributed by atoms with Crippen LogP contribution in [0.2, 0.25) is 0 Å². The van der Waals surface area contributed by atoms with Gasteiger partial charge in [0.25, 0.3) is 0 Å². The Morgan fingerprint density at radius 3 is 2.78 bits per heavy atom. The Balaban J connectivity index is 2.26. The summed E-state index contributed by atoms with van der Waals surface area (Å²) in [5.41, 5.74) is -0.0185. The number of carbonyl (C=O) groups excluding carboxylic acids is 1. The predicted octanol–water partition coefficient (Wildman–Crippen LogP) is 0.789. The van der Waals surface area contributed by atoms with Crippen LogP contribution in [0.25, 0.3) is 0 Å². The smallest absolute Gasteiger partial charge is 0.356 e. The number of carboxylic acid groups (broad SMARTS) is 1. The van der Waals surface area contributed by atoms with Crippen LogP contribution in [0.1, 0.15) is 10.5 Å². The Morgan fingerprint density at radius 2 is 2.22 bits per heavy atom. The van der Waals surface area contributed by atoms with Crippen LogP contribution in [0.4, 0.5) is 4.79 Å². The summed E-state index contributed by atoms with van der Waals surface area (Å²) >= 11 is 3.12. The van der Waals surface area contributed by atoms with Gasteiger partial charge in [-0.15, -0.1) is 0 Å². The Bertz CT molecular complexity index is 458. The molecule has 1 aromatic heterocycles. The van der Waals surface area contributed by atoms with E-state index in [4.69, 9.17) is 5.11 Å². The number of aromatic carboxylic acids is 1. The van der Waals surface area contributed by atoms with E-state index in [1.807, 2.05) is 0 Å². The van der Waals surface area contributed by atoms with E-state index in [0.29, 0.717) is 24.1 Å². The van der Waals surface area contributed by atoms with Gasteiger partial charge in [0.2, 0.25) is 0 Å². The highest BCUT2D eigenvalue weighted by molar-refractivity contribution is 9.11. The number of nitrogens with one attached hydrogen (secondary N) is 2. The van der Waals surface area contributed by atoms with Gasteiger partial charge >= 0.3 is 12.0 Å². The molecular formula is C10H13BrN4O3. The number of amides is 2. The molecule has 0 unspecified atom stereocenters. The fourth-order valence-electron chi connectivity index (χ4n) is 1.13. The van der Waals surface area contributed by atoms with Crippen LogP contribution < -0.4 is 10.6 Å². The van der Waals surface area contributed by atoms with Crippen LogP contribution in [-0.4, -0.2) is 39.7 Å². The second-order valence-corrected chi connectivity index (χ2v) is 4.55. The molecular weight excluding hydrogens is 304 g/mol. The van der Waals surface area contributed by atoms with E-state index in [0.717, 1.165) is 0 Å². The average Bonchev–Trinajstić information content (AvgIpc) is 2.75. The van der Waals surface area contributed by atoms with Crippen molar-refractivity contribution in [2.75, 3.05) is 13.1 Å². The summed E-state index contributed by atoms with van der Waals surface area (Å²) in [4.78, 5) is 25.5. The average molecular weight is 317 g/mol. The molecule has 0 bridgehead atoms. The molecule has 3 N–H and O–H groups in total. The van der Waals surface area contributed by atoms with Crippen molar-refractivity contribution in [1.82, 2.24) is 20.2 Å². The standard InChI is InChI=1S/C10H13BrN4O3/c1-7(11)4-13-10(18)12-2-3-15-5-8(9(16)17)14-6-15/h5-6H,1-4H2,(H,16,17)(H2,12,13,18).